The molecule has 0 saturated carbocycles. The molecule has 4 rings (SSSR count). The third-order valence-electron chi connectivity index (χ3n) is 4.30. The molecule has 1 N–H and O–H groups in total. The summed E-state index contributed by atoms with van der Waals surface area (Å²) in [5, 5.41) is 3.56. The van der Waals surface area contributed by atoms with Crippen LogP contribution in [0.1, 0.15) is 21.5 Å². The van der Waals surface area contributed by atoms with Gasteiger partial charge in [0.05, 0.1) is 0 Å². The van der Waals surface area contributed by atoms with Gasteiger partial charge >= 0.3 is 0 Å². The van der Waals surface area contributed by atoms with Crippen LogP contribution in [0.5, 0.6) is 0 Å². The zero-order valence-corrected chi connectivity index (χ0v) is 14.8. The molecule has 0 fully saturated rings. The minimum absolute atomic E-state index is 0.0748. The summed E-state index contributed by atoms with van der Waals surface area (Å²) in [6, 6.07) is 17.7. The van der Waals surface area contributed by atoms with Gasteiger partial charge in [-0.05, 0) is 23.6 Å². The molecule has 0 bridgehead atoms. The number of carbonyl (C=O) groups is 1. The molecule has 5 nitrogen and oxygen atoms in total. The topological polar surface area (TPSA) is 64.0 Å². The fourth-order valence-corrected chi connectivity index (χ4v) is 3.89. The molecular formula is C20H17N3O2S. The smallest absolute Gasteiger partial charge is 0.267 e. The second kappa shape index (κ2) is 7.17. The minimum Gasteiger partial charge on any atom is -0.322 e. The summed E-state index contributed by atoms with van der Waals surface area (Å²) in [6.07, 6.45) is 2.08. The lowest BCUT2D eigenvalue weighted by atomic mass is 10.0. The molecule has 0 atom stereocenters. The number of thioether (sulfide) groups is 1. The monoisotopic (exact) mass is 363 g/mol. The highest BCUT2D eigenvalue weighted by Gasteiger charge is 2.20. The standard InChI is InChI=1S/C20H17N3O2S/c24-18(16-13-21-20-23(19(16)25)10-11-26-20)22-17-9-5-4-8-15(17)12-14-6-2-1-3-7-14/h1-9,13H,10-12H2,(H,22,24). The minimum atomic E-state index is -0.421. The normalized spacial score (nSPS) is 12.6. The highest BCUT2D eigenvalue weighted by molar-refractivity contribution is 7.99. The third-order valence-corrected chi connectivity index (χ3v) is 5.27. The van der Waals surface area contributed by atoms with Crippen molar-refractivity contribution in [3.8, 4) is 0 Å². The Balaban J connectivity index is 1.60. The molecule has 26 heavy (non-hydrogen) atoms. The lowest BCUT2D eigenvalue weighted by molar-refractivity contribution is 0.102. The Morgan fingerprint density at radius 2 is 1.88 bits per heavy atom. The van der Waals surface area contributed by atoms with Crippen molar-refractivity contribution < 1.29 is 4.79 Å². The van der Waals surface area contributed by atoms with E-state index in [1.165, 1.54) is 18.0 Å². The molecule has 1 amide bonds. The van der Waals surface area contributed by atoms with Crippen molar-refractivity contribution in [2.75, 3.05) is 11.1 Å². The summed E-state index contributed by atoms with van der Waals surface area (Å²) < 4.78 is 1.56. The number of nitrogens with one attached hydrogen (secondary N) is 1. The van der Waals surface area contributed by atoms with Crippen molar-refractivity contribution in [1.29, 1.82) is 0 Å². The van der Waals surface area contributed by atoms with Gasteiger partial charge in [-0.3, -0.25) is 14.2 Å². The van der Waals surface area contributed by atoms with E-state index in [4.69, 9.17) is 0 Å². The van der Waals surface area contributed by atoms with E-state index in [-0.39, 0.29) is 11.1 Å². The Hall–Kier alpha value is -2.86. The highest BCUT2D eigenvalue weighted by Crippen LogP contribution is 2.22. The molecule has 2 aromatic carbocycles. The van der Waals surface area contributed by atoms with E-state index in [0.717, 1.165) is 16.9 Å². The lowest BCUT2D eigenvalue weighted by Crippen LogP contribution is -2.29. The zero-order chi connectivity index (χ0) is 17.9. The predicted molar refractivity (Wildman–Crippen MR) is 103 cm³/mol. The fraction of sp³-hybridized carbons (Fsp3) is 0.150. The number of hydrogen-bond donors (Lipinski definition) is 1. The van der Waals surface area contributed by atoms with Crippen LogP contribution in [0.4, 0.5) is 5.69 Å². The second-order valence-electron chi connectivity index (χ2n) is 6.03. The summed E-state index contributed by atoms with van der Waals surface area (Å²) in [6.45, 7) is 0.595. The van der Waals surface area contributed by atoms with Crippen LogP contribution in [0.15, 0.2) is 70.7 Å². The largest absolute Gasteiger partial charge is 0.322 e. The van der Waals surface area contributed by atoms with Crippen LogP contribution in [-0.4, -0.2) is 21.2 Å². The molecule has 0 aliphatic carbocycles. The second-order valence-corrected chi connectivity index (χ2v) is 7.10. The Morgan fingerprint density at radius 1 is 1.12 bits per heavy atom. The number of carbonyl (C=O) groups excluding carboxylic acids is 1. The number of nitrogens with zero attached hydrogens (tertiary/aromatic N) is 2. The van der Waals surface area contributed by atoms with Gasteiger partial charge in [-0.1, -0.05) is 60.3 Å². The first kappa shape index (κ1) is 16.6. The Labute approximate surface area is 155 Å². The highest BCUT2D eigenvalue weighted by atomic mass is 32.2. The Bertz CT molecular complexity index is 1020. The summed E-state index contributed by atoms with van der Waals surface area (Å²) in [7, 11) is 0. The molecule has 1 aliphatic rings. The van der Waals surface area contributed by atoms with Crippen LogP contribution in [0, 0.1) is 0 Å². The van der Waals surface area contributed by atoms with Crippen LogP contribution in [-0.2, 0) is 13.0 Å². The Morgan fingerprint density at radius 3 is 2.73 bits per heavy atom. The van der Waals surface area contributed by atoms with Gasteiger partial charge in [0.15, 0.2) is 5.16 Å². The number of hydrogen-bond acceptors (Lipinski definition) is 4. The van der Waals surface area contributed by atoms with Crippen molar-refractivity contribution in [2.24, 2.45) is 0 Å². The average Bonchev–Trinajstić information content (AvgIpc) is 3.14. The van der Waals surface area contributed by atoms with Crippen LogP contribution in [0.3, 0.4) is 0 Å². The number of rotatable bonds is 4. The molecule has 0 radical (unpaired) electrons. The van der Waals surface area contributed by atoms with Crippen molar-refractivity contribution in [3.63, 3.8) is 0 Å². The predicted octanol–water partition coefficient (Wildman–Crippen LogP) is 3.19. The number of anilines is 1. The van der Waals surface area contributed by atoms with Crippen molar-refractivity contribution >= 4 is 23.4 Å². The maximum Gasteiger partial charge on any atom is 0.267 e. The quantitative estimate of drug-likeness (QED) is 0.723. The molecule has 0 unspecified atom stereocenters. The van der Waals surface area contributed by atoms with E-state index in [2.05, 4.69) is 10.3 Å². The number of aromatic nitrogens is 2. The summed E-state index contributed by atoms with van der Waals surface area (Å²) in [5.41, 5.74) is 2.66. The summed E-state index contributed by atoms with van der Waals surface area (Å²) in [4.78, 5) is 29.4. The van der Waals surface area contributed by atoms with E-state index in [9.17, 15) is 9.59 Å². The first-order chi connectivity index (χ1) is 12.7. The van der Waals surface area contributed by atoms with Crippen LogP contribution in [0.2, 0.25) is 0 Å². The maximum absolute atomic E-state index is 12.7. The van der Waals surface area contributed by atoms with Gasteiger partial charge in [-0.2, -0.15) is 0 Å². The molecule has 1 aliphatic heterocycles. The number of amides is 1. The van der Waals surface area contributed by atoms with E-state index < -0.39 is 5.91 Å². The molecule has 1 aromatic heterocycles. The molecule has 0 saturated heterocycles. The SMILES string of the molecule is O=C(Nc1ccccc1Cc1ccccc1)c1cnc2n(c1=O)CCS2. The van der Waals surface area contributed by atoms with Crippen molar-refractivity contribution in [3.05, 3.63) is 87.8 Å². The first-order valence-corrected chi connectivity index (χ1v) is 9.37. The van der Waals surface area contributed by atoms with Crippen molar-refractivity contribution in [2.45, 2.75) is 18.1 Å². The zero-order valence-electron chi connectivity index (χ0n) is 14.0. The third kappa shape index (κ3) is 3.28. The van der Waals surface area contributed by atoms with Crippen LogP contribution >= 0.6 is 11.8 Å². The molecule has 3 aromatic rings. The molecule has 6 heteroatoms. The average molecular weight is 363 g/mol. The molecule has 0 spiro atoms. The van der Waals surface area contributed by atoms with E-state index >= 15 is 0 Å². The van der Waals surface area contributed by atoms with Gasteiger partial charge in [-0.25, -0.2) is 4.98 Å². The summed E-state index contributed by atoms with van der Waals surface area (Å²) in [5.74, 6) is 0.392. The van der Waals surface area contributed by atoms with Gasteiger partial charge in [0.1, 0.15) is 5.56 Å². The maximum atomic E-state index is 12.7. The van der Waals surface area contributed by atoms with Gasteiger partial charge in [-0.15, -0.1) is 0 Å². The fourth-order valence-electron chi connectivity index (χ4n) is 2.98. The van der Waals surface area contributed by atoms with Gasteiger partial charge in [0.25, 0.3) is 11.5 Å². The summed E-state index contributed by atoms with van der Waals surface area (Å²) >= 11 is 1.53. The van der Waals surface area contributed by atoms with E-state index in [0.29, 0.717) is 23.8 Å². The first-order valence-electron chi connectivity index (χ1n) is 8.38. The van der Waals surface area contributed by atoms with Gasteiger partial charge in [0, 0.05) is 24.2 Å². The van der Waals surface area contributed by atoms with Gasteiger partial charge in [0.2, 0.25) is 0 Å². The van der Waals surface area contributed by atoms with Crippen molar-refractivity contribution in [1.82, 2.24) is 9.55 Å². The molecule has 2 heterocycles. The number of fused-ring (bicyclic) bond motifs is 1. The Kier molecular flexibility index (Phi) is 4.58. The van der Waals surface area contributed by atoms with Gasteiger partial charge < -0.3 is 5.32 Å². The number of benzene rings is 2. The number of para-hydroxylation sites is 1. The molecule has 130 valence electrons. The lowest BCUT2D eigenvalue weighted by Gasteiger charge is -2.11. The van der Waals surface area contributed by atoms with Crippen LogP contribution in [0.25, 0.3) is 0 Å². The van der Waals surface area contributed by atoms with Crippen LogP contribution < -0.4 is 10.9 Å². The molecular weight excluding hydrogens is 346 g/mol. The van der Waals surface area contributed by atoms with E-state index in [1.807, 2.05) is 54.6 Å². The van der Waals surface area contributed by atoms with E-state index in [1.54, 1.807) is 4.57 Å².